The molecule has 18 heavy (non-hydrogen) atoms. The van der Waals surface area contributed by atoms with Crippen molar-refractivity contribution < 1.29 is 19.4 Å². The van der Waals surface area contributed by atoms with Gasteiger partial charge in [0.25, 0.3) is 0 Å². The van der Waals surface area contributed by atoms with Gasteiger partial charge in [-0.3, -0.25) is 4.79 Å². The highest BCUT2D eigenvalue weighted by atomic mass is 16.5. The van der Waals surface area contributed by atoms with Crippen LogP contribution >= 0.6 is 0 Å². The largest absolute Gasteiger partial charge is 0.479 e. The maximum atomic E-state index is 11.4. The molecule has 1 aromatic carbocycles. The molecule has 0 aliphatic heterocycles. The number of aliphatic carboxylic acids is 1. The molecule has 1 atom stereocenters. The van der Waals surface area contributed by atoms with Crippen LogP contribution < -0.4 is 10.6 Å². The third kappa shape index (κ3) is 4.84. The predicted molar refractivity (Wildman–Crippen MR) is 66.4 cm³/mol. The summed E-state index contributed by atoms with van der Waals surface area (Å²) in [5.74, 6) is -1.39. The van der Waals surface area contributed by atoms with Gasteiger partial charge >= 0.3 is 5.97 Å². The van der Waals surface area contributed by atoms with Crippen LogP contribution in [0, 0.1) is 0 Å². The summed E-state index contributed by atoms with van der Waals surface area (Å²) in [6, 6.07) is 9.25. The number of carbonyl (C=O) groups excluding carboxylic acids is 1. The quantitative estimate of drug-likeness (QED) is 0.650. The van der Waals surface area contributed by atoms with E-state index < -0.39 is 12.1 Å². The topological polar surface area (TPSA) is 87.7 Å². The van der Waals surface area contributed by atoms with E-state index in [1.807, 2.05) is 30.3 Å². The Morgan fingerprint density at radius 1 is 1.33 bits per heavy atom. The van der Waals surface area contributed by atoms with Crippen LogP contribution in [0.2, 0.25) is 0 Å². The highest BCUT2D eigenvalue weighted by Gasteiger charge is 2.16. The molecule has 0 aliphatic carbocycles. The van der Waals surface area contributed by atoms with Gasteiger partial charge in [-0.2, -0.15) is 0 Å². The van der Waals surface area contributed by atoms with Crippen LogP contribution in [0.5, 0.6) is 0 Å². The number of carbonyl (C=O) groups is 2. The van der Waals surface area contributed by atoms with Gasteiger partial charge in [0.2, 0.25) is 5.91 Å². The fourth-order valence-electron chi connectivity index (χ4n) is 1.28. The molecule has 0 saturated carbocycles. The van der Waals surface area contributed by atoms with Crippen molar-refractivity contribution in [3.8, 4) is 0 Å². The van der Waals surface area contributed by atoms with Gasteiger partial charge in [-0.15, -0.1) is 0 Å². The molecule has 1 unspecified atom stereocenters. The SMILES string of the molecule is COC(CNC(=O)CNc1ccccc1)C(=O)O. The number of hydrogen-bond acceptors (Lipinski definition) is 4. The number of para-hydroxylation sites is 1. The van der Waals surface area contributed by atoms with Crippen molar-refractivity contribution in [2.75, 3.05) is 25.5 Å². The van der Waals surface area contributed by atoms with Gasteiger partial charge in [0, 0.05) is 12.8 Å². The van der Waals surface area contributed by atoms with E-state index in [1.54, 1.807) is 0 Å². The third-order valence-corrected chi connectivity index (χ3v) is 2.27. The molecule has 6 heteroatoms. The number of methoxy groups -OCH3 is 1. The van der Waals surface area contributed by atoms with E-state index in [2.05, 4.69) is 10.6 Å². The van der Waals surface area contributed by atoms with Crippen LogP contribution in [-0.4, -0.2) is 43.3 Å². The number of amides is 1. The van der Waals surface area contributed by atoms with E-state index >= 15 is 0 Å². The summed E-state index contributed by atoms with van der Waals surface area (Å²) in [6.07, 6.45) is -1.02. The molecule has 0 radical (unpaired) electrons. The van der Waals surface area contributed by atoms with Crippen molar-refractivity contribution in [1.82, 2.24) is 5.32 Å². The normalized spacial score (nSPS) is 11.6. The van der Waals surface area contributed by atoms with Gasteiger partial charge in [-0.05, 0) is 12.1 Å². The first-order chi connectivity index (χ1) is 8.63. The van der Waals surface area contributed by atoms with Crippen LogP contribution in [0.25, 0.3) is 0 Å². The smallest absolute Gasteiger partial charge is 0.334 e. The summed E-state index contributed by atoms with van der Waals surface area (Å²) in [4.78, 5) is 22.1. The monoisotopic (exact) mass is 252 g/mol. The molecule has 0 bridgehead atoms. The number of benzene rings is 1. The molecule has 0 saturated heterocycles. The number of rotatable bonds is 7. The maximum Gasteiger partial charge on any atom is 0.334 e. The number of carboxylic acids is 1. The number of carboxylic acid groups (broad SMARTS) is 1. The second kappa shape index (κ2) is 7.29. The Bertz CT molecular complexity index is 394. The van der Waals surface area contributed by atoms with Gasteiger partial charge in [-0.25, -0.2) is 4.79 Å². The first-order valence-corrected chi connectivity index (χ1v) is 5.44. The van der Waals surface area contributed by atoms with Gasteiger partial charge in [0.1, 0.15) is 0 Å². The van der Waals surface area contributed by atoms with Crippen LogP contribution in [0.15, 0.2) is 30.3 Å². The minimum atomic E-state index is -1.10. The summed E-state index contributed by atoms with van der Waals surface area (Å²) in [7, 11) is 1.28. The second-order valence-electron chi connectivity index (χ2n) is 3.59. The highest BCUT2D eigenvalue weighted by Crippen LogP contribution is 2.03. The zero-order valence-electron chi connectivity index (χ0n) is 10.1. The average Bonchev–Trinajstić information content (AvgIpc) is 2.38. The highest BCUT2D eigenvalue weighted by molar-refractivity contribution is 5.81. The van der Waals surface area contributed by atoms with E-state index in [4.69, 9.17) is 9.84 Å². The summed E-state index contributed by atoms with van der Waals surface area (Å²) >= 11 is 0. The fourth-order valence-corrected chi connectivity index (χ4v) is 1.28. The Labute approximate surface area is 105 Å². The molecule has 0 heterocycles. The molecule has 1 aromatic rings. The summed E-state index contributed by atoms with van der Waals surface area (Å²) < 4.78 is 4.69. The van der Waals surface area contributed by atoms with Crippen LogP contribution in [0.4, 0.5) is 5.69 Å². The van der Waals surface area contributed by atoms with E-state index in [1.165, 1.54) is 7.11 Å². The Hall–Kier alpha value is -2.08. The van der Waals surface area contributed by atoms with Crippen molar-refractivity contribution in [3.63, 3.8) is 0 Å². The van der Waals surface area contributed by atoms with Crippen molar-refractivity contribution in [2.24, 2.45) is 0 Å². The maximum absolute atomic E-state index is 11.4. The van der Waals surface area contributed by atoms with E-state index in [-0.39, 0.29) is 19.0 Å². The van der Waals surface area contributed by atoms with Gasteiger partial charge in [-0.1, -0.05) is 18.2 Å². The van der Waals surface area contributed by atoms with E-state index in [9.17, 15) is 9.59 Å². The Kier molecular flexibility index (Phi) is 5.66. The van der Waals surface area contributed by atoms with Gasteiger partial charge in [0.15, 0.2) is 6.10 Å². The number of nitrogens with one attached hydrogen (secondary N) is 2. The first kappa shape index (κ1) is 14.0. The van der Waals surface area contributed by atoms with E-state index in [0.29, 0.717) is 0 Å². The molecule has 1 amide bonds. The molecule has 6 nitrogen and oxygen atoms in total. The molecule has 0 aliphatic rings. The van der Waals surface area contributed by atoms with Gasteiger partial charge in [0.05, 0.1) is 13.1 Å². The fraction of sp³-hybridized carbons (Fsp3) is 0.333. The van der Waals surface area contributed by atoms with Gasteiger partial charge < -0.3 is 20.5 Å². The molecule has 1 rings (SSSR count). The lowest BCUT2D eigenvalue weighted by Crippen LogP contribution is -2.40. The predicted octanol–water partition coefficient (Wildman–Crippen LogP) is 0.314. The zero-order valence-corrected chi connectivity index (χ0v) is 10.1. The molecule has 3 N–H and O–H groups in total. The molecule has 98 valence electrons. The lowest BCUT2D eigenvalue weighted by atomic mass is 10.3. The minimum absolute atomic E-state index is 0.0544. The molecule has 0 fully saturated rings. The number of ether oxygens (including phenoxy) is 1. The Morgan fingerprint density at radius 3 is 2.56 bits per heavy atom. The Morgan fingerprint density at radius 2 is 2.00 bits per heavy atom. The van der Waals surface area contributed by atoms with Crippen LogP contribution in [0.3, 0.4) is 0 Å². The first-order valence-electron chi connectivity index (χ1n) is 5.44. The van der Waals surface area contributed by atoms with Crippen LogP contribution in [0.1, 0.15) is 0 Å². The summed E-state index contributed by atoms with van der Waals surface area (Å²) in [5, 5.41) is 14.1. The molecular weight excluding hydrogens is 236 g/mol. The molecular formula is C12H16N2O4. The van der Waals surface area contributed by atoms with Crippen molar-refractivity contribution in [3.05, 3.63) is 30.3 Å². The molecule has 0 spiro atoms. The molecule has 0 aromatic heterocycles. The van der Waals surface area contributed by atoms with Crippen molar-refractivity contribution in [2.45, 2.75) is 6.10 Å². The van der Waals surface area contributed by atoms with Crippen molar-refractivity contribution in [1.29, 1.82) is 0 Å². The summed E-state index contributed by atoms with van der Waals surface area (Å²) in [6.45, 7) is 0.0290. The Balaban J connectivity index is 2.28. The standard InChI is InChI=1S/C12H16N2O4/c1-18-10(12(16)17)7-14-11(15)8-13-9-5-3-2-4-6-9/h2-6,10,13H,7-8H2,1H3,(H,14,15)(H,16,17). The van der Waals surface area contributed by atoms with Crippen LogP contribution in [-0.2, 0) is 14.3 Å². The van der Waals surface area contributed by atoms with Crippen molar-refractivity contribution >= 4 is 17.6 Å². The second-order valence-corrected chi connectivity index (χ2v) is 3.59. The summed E-state index contributed by atoms with van der Waals surface area (Å²) in [5.41, 5.74) is 0.828. The van der Waals surface area contributed by atoms with E-state index in [0.717, 1.165) is 5.69 Å². The number of anilines is 1. The number of hydrogen-bond donors (Lipinski definition) is 3. The third-order valence-electron chi connectivity index (χ3n) is 2.27. The zero-order chi connectivity index (χ0) is 13.4. The lowest BCUT2D eigenvalue weighted by molar-refractivity contribution is -0.148. The lowest BCUT2D eigenvalue weighted by Gasteiger charge is -2.12. The minimum Gasteiger partial charge on any atom is -0.479 e. The average molecular weight is 252 g/mol.